The number of hydrogen-bond acceptors (Lipinski definition) is 6. The van der Waals surface area contributed by atoms with Crippen molar-refractivity contribution < 1.29 is 22.7 Å². The van der Waals surface area contributed by atoms with Crippen molar-refractivity contribution in [3.63, 3.8) is 0 Å². The maximum absolute atomic E-state index is 12.7. The van der Waals surface area contributed by atoms with Gasteiger partial charge in [-0.25, -0.2) is 13.2 Å². The number of nitrogens with one attached hydrogen (secondary N) is 4. The van der Waals surface area contributed by atoms with E-state index in [0.29, 0.717) is 34.6 Å². The molecule has 1 fully saturated rings. The molecule has 11 heteroatoms. The van der Waals surface area contributed by atoms with Crippen molar-refractivity contribution in [2.45, 2.75) is 64.6 Å². The number of carbonyl (C=O) groups is 2. The fourth-order valence-electron chi connectivity index (χ4n) is 5.21. The van der Waals surface area contributed by atoms with Crippen LogP contribution in [-0.2, 0) is 21.4 Å². The maximum atomic E-state index is 12.7. The summed E-state index contributed by atoms with van der Waals surface area (Å²) in [6.07, 6.45) is 6.19. The van der Waals surface area contributed by atoms with Crippen molar-refractivity contribution in [1.29, 1.82) is 0 Å². The third-order valence-corrected chi connectivity index (χ3v) is 7.84. The number of amides is 3. The Kier molecular flexibility index (Phi) is 11.0. The number of benzene rings is 3. The Morgan fingerprint density at radius 2 is 1.47 bits per heavy atom. The highest BCUT2D eigenvalue weighted by Crippen LogP contribution is 2.27. The zero-order valence-electron chi connectivity index (χ0n) is 24.9. The van der Waals surface area contributed by atoms with Gasteiger partial charge in [0.05, 0.1) is 6.26 Å². The van der Waals surface area contributed by atoms with Crippen molar-refractivity contribution in [3.05, 3.63) is 78.4 Å². The molecule has 0 saturated carbocycles. The number of unbranched alkanes of at least 4 members (excludes halogenated alkanes) is 1. The molecule has 10 nitrogen and oxygen atoms in total. The quantitative estimate of drug-likeness (QED) is 0.195. The van der Waals surface area contributed by atoms with Crippen LogP contribution in [0.4, 0.5) is 21.9 Å². The molecule has 1 saturated heterocycles. The average molecular weight is 608 g/mol. The standard InChI is InChI=1S/C32H41N5O5S/c1-4-5-6-29-21-28(35-32(39)34-26-11-9-25(10-12-26)33-23(2)38)19-20-37(29)22-24-7-15-30(16-8-24)42-31-17-13-27(14-18-31)36-43(3,40)41/h7-18,28-29,36H,4-6,19-22H2,1-3H3,(H,33,38)(H2,34,35,39). The monoisotopic (exact) mass is 607 g/mol. The summed E-state index contributed by atoms with van der Waals surface area (Å²) in [4.78, 5) is 26.5. The van der Waals surface area contributed by atoms with Crippen LogP contribution in [0.25, 0.3) is 0 Å². The predicted octanol–water partition coefficient (Wildman–Crippen LogP) is 6.15. The van der Waals surface area contributed by atoms with E-state index in [1.54, 1.807) is 48.5 Å². The minimum absolute atomic E-state index is 0.0894. The zero-order chi connectivity index (χ0) is 30.8. The van der Waals surface area contributed by atoms with E-state index in [2.05, 4.69) is 44.6 Å². The van der Waals surface area contributed by atoms with Gasteiger partial charge in [0.1, 0.15) is 11.5 Å². The van der Waals surface area contributed by atoms with Crippen LogP contribution in [0.3, 0.4) is 0 Å². The molecule has 0 aromatic heterocycles. The minimum Gasteiger partial charge on any atom is -0.457 e. The van der Waals surface area contributed by atoms with Crippen LogP contribution in [0.15, 0.2) is 72.8 Å². The molecule has 2 unspecified atom stereocenters. The third kappa shape index (κ3) is 10.6. The second kappa shape index (κ2) is 14.9. The highest BCUT2D eigenvalue weighted by molar-refractivity contribution is 7.92. The van der Waals surface area contributed by atoms with Gasteiger partial charge in [0.15, 0.2) is 0 Å². The molecule has 1 heterocycles. The molecule has 0 spiro atoms. The first-order valence-electron chi connectivity index (χ1n) is 14.6. The molecule has 3 amide bonds. The van der Waals surface area contributed by atoms with Crippen LogP contribution in [0, 0.1) is 0 Å². The first kappa shape index (κ1) is 31.8. The van der Waals surface area contributed by atoms with Crippen LogP contribution in [-0.4, -0.2) is 50.1 Å². The van der Waals surface area contributed by atoms with Gasteiger partial charge in [-0.15, -0.1) is 0 Å². The van der Waals surface area contributed by atoms with Crippen LogP contribution < -0.4 is 25.4 Å². The fourth-order valence-corrected chi connectivity index (χ4v) is 5.77. The van der Waals surface area contributed by atoms with Gasteiger partial charge in [-0.1, -0.05) is 31.9 Å². The first-order valence-corrected chi connectivity index (χ1v) is 16.5. The van der Waals surface area contributed by atoms with Crippen molar-refractivity contribution >= 4 is 39.0 Å². The molecule has 1 aliphatic heterocycles. The van der Waals surface area contributed by atoms with Gasteiger partial charge in [-0.05, 0) is 85.5 Å². The van der Waals surface area contributed by atoms with Gasteiger partial charge in [0, 0.05) is 49.2 Å². The SMILES string of the molecule is CCCCC1CC(NC(=O)Nc2ccc(NC(C)=O)cc2)CCN1Cc1ccc(Oc2ccc(NS(C)(=O)=O)cc2)cc1. The Morgan fingerprint density at radius 3 is 2.05 bits per heavy atom. The molecular formula is C32H41N5O5S. The highest BCUT2D eigenvalue weighted by atomic mass is 32.2. The molecule has 4 N–H and O–H groups in total. The van der Waals surface area contributed by atoms with Gasteiger partial charge >= 0.3 is 6.03 Å². The summed E-state index contributed by atoms with van der Waals surface area (Å²) in [7, 11) is -3.33. The molecule has 1 aliphatic rings. The number of ether oxygens (including phenoxy) is 1. The van der Waals surface area contributed by atoms with Crippen LogP contribution in [0.1, 0.15) is 51.5 Å². The lowest BCUT2D eigenvalue weighted by molar-refractivity contribution is -0.114. The average Bonchev–Trinajstić information content (AvgIpc) is 2.95. The zero-order valence-corrected chi connectivity index (χ0v) is 25.7. The van der Waals surface area contributed by atoms with E-state index in [4.69, 9.17) is 4.74 Å². The summed E-state index contributed by atoms with van der Waals surface area (Å²) < 4.78 is 31.2. The van der Waals surface area contributed by atoms with Crippen molar-refractivity contribution in [2.24, 2.45) is 0 Å². The fraction of sp³-hybridized carbons (Fsp3) is 0.375. The summed E-state index contributed by atoms with van der Waals surface area (Å²) in [6, 6.07) is 22.1. The van der Waals surface area contributed by atoms with Crippen molar-refractivity contribution in [1.82, 2.24) is 10.2 Å². The molecule has 230 valence electrons. The largest absolute Gasteiger partial charge is 0.457 e. The normalized spacial score (nSPS) is 17.1. The molecule has 0 bridgehead atoms. The van der Waals surface area contributed by atoms with Gasteiger partial charge in [0.2, 0.25) is 15.9 Å². The van der Waals surface area contributed by atoms with E-state index in [1.165, 1.54) is 12.5 Å². The van der Waals surface area contributed by atoms with Crippen molar-refractivity contribution in [2.75, 3.05) is 28.2 Å². The Morgan fingerprint density at radius 1 is 0.884 bits per heavy atom. The summed E-state index contributed by atoms with van der Waals surface area (Å²) in [5.74, 6) is 1.18. The van der Waals surface area contributed by atoms with Crippen molar-refractivity contribution in [3.8, 4) is 11.5 Å². The number of carbonyl (C=O) groups excluding carboxylic acids is 2. The molecule has 0 radical (unpaired) electrons. The second-order valence-corrected chi connectivity index (χ2v) is 12.7. The van der Waals surface area contributed by atoms with E-state index in [0.717, 1.165) is 51.4 Å². The number of likely N-dealkylation sites (tertiary alicyclic amines) is 1. The Balaban J connectivity index is 1.29. The number of urea groups is 1. The van der Waals surface area contributed by atoms with Gasteiger partial charge in [-0.2, -0.15) is 0 Å². The van der Waals surface area contributed by atoms with Gasteiger partial charge in [-0.3, -0.25) is 14.4 Å². The van der Waals surface area contributed by atoms with E-state index in [-0.39, 0.29) is 18.0 Å². The number of piperidine rings is 1. The van der Waals surface area contributed by atoms with Crippen LogP contribution in [0.5, 0.6) is 11.5 Å². The molecule has 3 aromatic carbocycles. The molecule has 2 atom stereocenters. The number of nitrogens with zero attached hydrogens (tertiary/aromatic N) is 1. The Labute approximate surface area is 254 Å². The molecule has 0 aliphatic carbocycles. The number of rotatable bonds is 12. The number of anilines is 3. The second-order valence-electron chi connectivity index (χ2n) is 11.0. The van der Waals surface area contributed by atoms with E-state index in [9.17, 15) is 18.0 Å². The summed E-state index contributed by atoms with van der Waals surface area (Å²) in [5.41, 5.74) is 3.02. The predicted molar refractivity (Wildman–Crippen MR) is 171 cm³/mol. The molecule has 3 aromatic rings. The molecular weight excluding hydrogens is 566 g/mol. The minimum atomic E-state index is -3.33. The van der Waals surface area contributed by atoms with E-state index in [1.807, 2.05) is 12.1 Å². The third-order valence-electron chi connectivity index (χ3n) is 7.23. The topological polar surface area (TPSA) is 129 Å². The number of hydrogen-bond donors (Lipinski definition) is 4. The summed E-state index contributed by atoms with van der Waals surface area (Å²) in [6.45, 7) is 5.36. The van der Waals surface area contributed by atoms with Gasteiger partial charge < -0.3 is 20.7 Å². The summed E-state index contributed by atoms with van der Waals surface area (Å²) in [5, 5.41) is 8.77. The number of sulfonamides is 1. The van der Waals surface area contributed by atoms with E-state index >= 15 is 0 Å². The van der Waals surface area contributed by atoms with Crippen LogP contribution in [0.2, 0.25) is 0 Å². The highest BCUT2D eigenvalue weighted by Gasteiger charge is 2.29. The van der Waals surface area contributed by atoms with Crippen LogP contribution >= 0.6 is 0 Å². The lowest BCUT2D eigenvalue weighted by Gasteiger charge is -2.40. The maximum Gasteiger partial charge on any atom is 0.319 e. The lowest BCUT2D eigenvalue weighted by atomic mass is 9.93. The Bertz CT molecular complexity index is 1460. The smallest absolute Gasteiger partial charge is 0.319 e. The first-order chi connectivity index (χ1) is 20.6. The lowest BCUT2D eigenvalue weighted by Crippen LogP contribution is -2.50. The van der Waals surface area contributed by atoms with Gasteiger partial charge in [0.25, 0.3) is 0 Å². The Hall–Kier alpha value is -4.09. The molecule has 4 rings (SSSR count). The van der Waals surface area contributed by atoms with E-state index < -0.39 is 10.0 Å². The molecule has 43 heavy (non-hydrogen) atoms. The summed E-state index contributed by atoms with van der Waals surface area (Å²) >= 11 is 0.